The molecule has 0 aliphatic heterocycles. The van der Waals surface area contributed by atoms with Gasteiger partial charge in [0.05, 0.1) is 24.8 Å². The van der Waals surface area contributed by atoms with Crippen LogP contribution in [0.4, 0.5) is 0 Å². The minimum Gasteiger partial charge on any atom is -0.481 e. The van der Waals surface area contributed by atoms with Gasteiger partial charge in [0, 0.05) is 0 Å². The van der Waals surface area contributed by atoms with E-state index in [9.17, 15) is 9.59 Å². The SMILES string of the molecule is CCC(CC)(OC(=O)CCC(=O)O)C(C)C#N. The second-order valence-electron chi connectivity index (χ2n) is 3.99. The Morgan fingerprint density at radius 1 is 1.35 bits per heavy atom. The number of carbonyl (C=O) groups is 2. The van der Waals surface area contributed by atoms with Crippen LogP contribution in [0.2, 0.25) is 0 Å². The predicted octanol–water partition coefficient (Wildman–Crippen LogP) is 2.11. The normalized spacial score (nSPS) is 12.6. The van der Waals surface area contributed by atoms with Crippen molar-refractivity contribution in [3.8, 4) is 6.07 Å². The van der Waals surface area contributed by atoms with Crippen LogP contribution in [0.3, 0.4) is 0 Å². The third-order valence-electron chi connectivity index (χ3n) is 3.04. The van der Waals surface area contributed by atoms with Gasteiger partial charge in [-0.05, 0) is 19.8 Å². The zero-order valence-corrected chi connectivity index (χ0v) is 10.5. The van der Waals surface area contributed by atoms with E-state index in [2.05, 4.69) is 6.07 Å². The molecule has 1 unspecified atom stereocenters. The van der Waals surface area contributed by atoms with E-state index in [0.29, 0.717) is 12.8 Å². The third kappa shape index (κ3) is 4.43. The highest BCUT2D eigenvalue weighted by Crippen LogP contribution is 2.30. The Bertz CT molecular complexity index is 315. The molecular formula is C12H19NO4. The number of nitrogens with zero attached hydrogens (tertiary/aromatic N) is 1. The Morgan fingerprint density at radius 2 is 1.88 bits per heavy atom. The van der Waals surface area contributed by atoms with Crippen LogP contribution >= 0.6 is 0 Å². The van der Waals surface area contributed by atoms with Gasteiger partial charge in [0.15, 0.2) is 0 Å². The van der Waals surface area contributed by atoms with E-state index in [0.717, 1.165) is 0 Å². The minimum atomic E-state index is -1.03. The van der Waals surface area contributed by atoms with E-state index in [-0.39, 0.29) is 12.8 Å². The van der Waals surface area contributed by atoms with Gasteiger partial charge < -0.3 is 9.84 Å². The second-order valence-corrected chi connectivity index (χ2v) is 3.99. The average Bonchev–Trinajstić information content (AvgIpc) is 2.32. The Labute approximate surface area is 101 Å². The zero-order valence-electron chi connectivity index (χ0n) is 10.5. The van der Waals surface area contributed by atoms with Crippen LogP contribution in [0, 0.1) is 17.2 Å². The summed E-state index contributed by atoms with van der Waals surface area (Å²) in [6.45, 7) is 5.40. The molecule has 1 atom stereocenters. The molecule has 0 saturated carbocycles. The summed E-state index contributed by atoms with van der Waals surface area (Å²) in [5, 5.41) is 17.4. The number of aliphatic carboxylic acids is 1. The Hall–Kier alpha value is -1.57. The molecule has 0 spiro atoms. The van der Waals surface area contributed by atoms with Crippen molar-refractivity contribution in [2.45, 2.75) is 52.1 Å². The Balaban J connectivity index is 4.60. The number of nitriles is 1. The molecule has 0 rings (SSSR count). The van der Waals surface area contributed by atoms with Crippen LogP contribution < -0.4 is 0 Å². The van der Waals surface area contributed by atoms with E-state index >= 15 is 0 Å². The van der Waals surface area contributed by atoms with E-state index in [1.165, 1.54) is 0 Å². The first-order valence-electron chi connectivity index (χ1n) is 5.75. The monoisotopic (exact) mass is 241 g/mol. The molecule has 0 radical (unpaired) electrons. The van der Waals surface area contributed by atoms with Crippen LogP contribution in [-0.2, 0) is 14.3 Å². The number of hydrogen-bond acceptors (Lipinski definition) is 4. The van der Waals surface area contributed by atoms with Crippen molar-refractivity contribution < 1.29 is 19.4 Å². The molecule has 0 heterocycles. The third-order valence-corrected chi connectivity index (χ3v) is 3.04. The van der Waals surface area contributed by atoms with Gasteiger partial charge in [0.1, 0.15) is 5.60 Å². The van der Waals surface area contributed by atoms with Gasteiger partial charge in [-0.25, -0.2) is 0 Å². The zero-order chi connectivity index (χ0) is 13.5. The van der Waals surface area contributed by atoms with Crippen LogP contribution in [0.5, 0.6) is 0 Å². The lowest BCUT2D eigenvalue weighted by Crippen LogP contribution is -2.40. The number of carboxylic acids is 1. The molecule has 0 amide bonds. The van der Waals surface area contributed by atoms with E-state index in [4.69, 9.17) is 15.1 Å². The molecule has 96 valence electrons. The van der Waals surface area contributed by atoms with E-state index in [1.807, 2.05) is 13.8 Å². The molecular weight excluding hydrogens is 222 g/mol. The van der Waals surface area contributed by atoms with Crippen molar-refractivity contribution in [3.63, 3.8) is 0 Å². The number of rotatable bonds is 7. The van der Waals surface area contributed by atoms with Crippen LogP contribution in [0.15, 0.2) is 0 Å². The highest BCUT2D eigenvalue weighted by molar-refractivity contribution is 5.76. The van der Waals surface area contributed by atoms with Gasteiger partial charge in [-0.2, -0.15) is 5.26 Å². The summed E-state index contributed by atoms with van der Waals surface area (Å²) < 4.78 is 5.31. The first kappa shape index (κ1) is 15.4. The van der Waals surface area contributed by atoms with E-state index in [1.54, 1.807) is 6.92 Å². The average molecular weight is 241 g/mol. The van der Waals surface area contributed by atoms with Gasteiger partial charge in [0.2, 0.25) is 0 Å². The van der Waals surface area contributed by atoms with Gasteiger partial charge >= 0.3 is 11.9 Å². The molecule has 1 N–H and O–H groups in total. The van der Waals surface area contributed by atoms with Crippen molar-refractivity contribution in [2.75, 3.05) is 0 Å². The maximum Gasteiger partial charge on any atom is 0.306 e. The lowest BCUT2D eigenvalue weighted by atomic mass is 9.84. The molecule has 0 saturated heterocycles. The van der Waals surface area contributed by atoms with Crippen molar-refractivity contribution in [3.05, 3.63) is 0 Å². The highest BCUT2D eigenvalue weighted by atomic mass is 16.6. The number of ether oxygens (including phenoxy) is 1. The number of hydrogen-bond donors (Lipinski definition) is 1. The van der Waals surface area contributed by atoms with Crippen molar-refractivity contribution >= 4 is 11.9 Å². The Kier molecular flexibility index (Phi) is 6.26. The first-order valence-corrected chi connectivity index (χ1v) is 5.75. The summed E-state index contributed by atoms with van der Waals surface area (Å²) in [6, 6.07) is 2.08. The second kappa shape index (κ2) is 6.89. The van der Waals surface area contributed by atoms with Crippen LogP contribution in [0.1, 0.15) is 46.5 Å². The molecule has 5 heteroatoms. The van der Waals surface area contributed by atoms with Crippen LogP contribution in [0.25, 0.3) is 0 Å². The molecule has 17 heavy (non-hydrogen) atoms. The maximum absolute atomic E-state index is 11.5. The standard InChI is InChI=1S/C12H19NO4/c1-4-12(5-2,9(3)8-13)17-11(16)7-6-10(14)15/h9H,4-7H2,1-3H3,(H,14,15). The molecule has 0 aromatic carbocycles. The first-order chi connectivity index (χ1) is 7.91. The number of esters is 1. The Morgan fingerprint density at radius 3 is 2.24 bits per heavy atom. The fourth-order valence-electron chi connectivity index (χ4n) is 1.70. The lowest BCUT2D eigenvalue weighted by Gasteiger charge is -2.33. The van der Waals surface area contributed by atoms with Crippen molar-refractivity contribution in [2.24, 2.45) is 5.92 Å². The van der Waals surface area contributed by atoms with Crippen molar-refractivity contribution in [1.29, 1.82) is 5.26 Å². The topological polar surface area (TPSA) is 87.4 Å². The summed E-state index contributed by atoms with van der Waals surface area (Å²) in [4.78, 5) is 21.8. The predicted molar refractivity (Wildman–Crippen MR) is 61.1 cm³/mol. The summed E-state index contributed by atoms with van der Waals surface area (Å²) >= 11 is 0. The summed E-state index contributed by atoms with van der Waals surface area (Å²) in [6.07, 6.45) is 0.673. The van der Waals surface area contributed by atoms with Gasteiger partial charge in [-0.3, -0.25) is 9.59 Å². The fraction of sp³-hybridized carbons (Fsp3) is 0.750. The molecule has 0 aliphatic carbocycles. The number of carboxylic acid groups (broad SMARTS) is 1. The summed E-state index contributed by atoms with van der Waals surface area (Å²) in [5.74, 6) is -2.00. The summed E-state index contributed by atoms with van der Waals surface area (Å²) in [5.41, 5.74) is -0.801. The van der Waals surface area contributed by atoms with Gasteiger partial charge in [-0.15, -0.1) is 0 Å². The van der Waals surface area contributed by atoms with Gasteiger partial charge in [0.25, 0.3) is 0 Å². The largest absolute Gasteiger partial charge is 0.481 e. The maximum atomic E-state index is 11.5. The van der Waals surface area contributed by atoms with Gasteiger partial charge in [-0.1, -0.05) is 13.8 Å². The van der Waals surface area contributed by atoms with Crippen LogP contribution in [-0.4, -0.2) is 22.6 Å². The summed E-state index contributed by atoms with van der Waals surface area (Å²) in [7, 11) is 0. The smallest absolute Gasteiger partial charge is 0.306 e. The lowest BCUT2D eigenvalue weighted by molar-refractivity contribution is -0.166. The molecule has 0 bridgehead atoms. The number of carbonyl (C=O) groups excluding carboxylic acids is 1. The van der Waals surface area contributed by atoms with E-state index < -0.39 is 23.5 Å². The molecule has 0 aromatic rings. The minimum absolute atomic E-state index is 0.158. The molecule has 0 aliphatic rings. The fourth-order valence-corrected chi connectivity index (χ4v) is 1.70. The quantitative estimate of drug-likeness (QED) is 0.690. The van der Waals surface area contributed by atoms with Crippen molar-refractivity contribution in [1.82, 2.24) is 0 Å². The molecule has 5 nitrogen and oxygen atoms in total. The molecule has 0 aromatic heterocycles. The molecule has 0 fully saturated rings. The highest BCUT2D eigenvalue weighted by Gasteiger charge is 2.36.